The second kappa shape index (κ2) is 6.11. The van der Waals surface area contributed by atoms with Crippen LogP contribution in [-0.4, -0.2) is 34.5 Å². The zero-order chi connectivity index (χ0) is 14.7. The first-order valence-corrected chi connectivity index (χ1v) is 7.25. The van der Waals surface area contributed by atoms with E-state index in [2.05, 4.69) is 6.92 Å². The standard InChI is InChI=1S/C15H21NO4/c1-3-10-7-5-6-8-16(10)14(17)13-9-11(15(18)19)12(4-2)20-13/h9-10H,3-8H2,1-2H3,(H,18,19). The third-order valence-corrected chi connectivity index (χ3v) is 3.93. The molecule has 5 heteroatoms. The number of rotatable bonds is 4. The lowest BCUT2D eigenvalue weighted by Crippen LogP contribution is -2.43. The molecule has 110 valence electrons. The molecular formula is C15H21NO4. The monoisotopic (exact) mass is 279 g/mol. The molecule has 2 rings (SSSR count). The van der Waals surface area contributed by atoms with Crippen molar-refractivity contribution < 1.29 is 19.1 Å². The van der Waals surface area contributed by atoms with E-state index < -0.39 is 5.97 Å². The Morgan fingerprint density at radius 2 is 2.15 bits per heavy atom. The number of carboxylic acid groups (broad SMARTS) is 1. The summed E-state index contributed by atoms with van der Waals surface area (Å²) in [6.45, 7) is 4.61. The maximum Gasteiger partial charge on any atom is 0.339 e. The maximum atomic E-state index is 12.5. The van der Waals surface area contributed by atoms with Crippen molar-refractivity contribution in [2.24, 2.45) is 0 Å². The zero-order valence-electron chi connectivity index (χ0n) is 12.0. The molecule has 1 N–H and O–H groups in total. The average molecular weight is 279 g/mol. The molecule has 1 aromatic heterocycles. The van der Waals surface area contributed by atoms with E-state index in [0.717, 1.165) is 32.2 Å². The first-order valence-electron chi connectivity index (χ1n) is 7.25. The van der Waals surface area contributed by atoms with Gasteiger partial charge < -0.3 is 14.4 Å². The van der Waals surface area contributed by atoms with E-state index in [-0.39, 0.29) is 23.3 Å². The summed E-state index contributed by atoms with van der Waals surface area (Å²) in [6.07, 6.45) is 4.52. The fourth-order valence-electron chi connectivity index (χ4n) is 2.81. The fraction of sp³-hybridized carbons (Fsp3) is 0.600. The van der Waals surface area contributed by atoms with Crippen LogP contribution >= 0.6 is 0 Å². The molecule has 1 atom stereocenters. The van der Waals surface area contributed by atoms with Crippen LogP contribution in [0.3, 0.4) is 0 Å². The number of hydrogen-bond donors (Lipinski definition) is 1. The lowest BCUT2D eigenvalue weighted by atomic mass is 9.99. The molecule has 0 aromatic carbocycles. The summed E-state index contributed by atoms with van der Waals surface area (Å²) >= 11 is 0. The highest BCUT2D eigenvalue weighted by molar-refractivity contribution is 5.96. The normalized spacial score (nSPS) is 19.1. The molecule has 0 saturated carbocycles. The lowest BCUT2D eigenvalue weighted by molar-refractivity contribution is 0.0573. The van der Waals surface area contributed by atoms with E-state index in [4.69, 9.17) is 9.52 Å². The minimum absolute atomic E-state index is 0.0981. The van der Waals surface area contributed by atoms with E-state index in [1.165, 1.54) is 6.07 Å². The van der Waals surface area contributed by atoms with Gasteiger partial charge in [0.15, 0.2) is 5.76 Å². The van der Waals surface area contributed by atoms with Gasteiger partial charge >= 0.3 is 5.97 Å². The number of likely N-dealkylation sites (tertiary alicyclic amines) is 1. The van der Waals surface area contributed by atoms with Crippen molar-refractivity contribution in [3.8, 4) is 0 Å². The highest BCUT2D eigenvalue weighted by Gasteiger charge is 2.29. The van der Waals surface area contributed by atoms with Gasteiger partial charge in [-0.15, -0.1) is 0 Å². The van der Waals surface area contributed by atoms with Gasteiger partial charge in [0.1, 0.15) is 11.3 Å². The number of furan rings is 1. The predicted molar refractivity (Wildman–Crippen MR) is 74.0 cm³/mol. The molecule has 0 aliphatic carbocycles. The van der Waals surface area contributed by atoms with Crippen molar-refractivity contribution in [2.75, 3.05) is 6.54 Å². The third kappa shape index (κ3) is 2.71. The van der Waals surface area contributed by atoms with Crippen molar-refractivity contribution in [3.63, 3.8) is 0 Å². The van der Waals surface area contributed by atoms with Crippen LogP contribution in [0.1, 0.15) is 66.2 Å². The van der Waals surface area contributed by atoms with Crippen molar-refractivity contribution in [2.45, 2.75) is 52.0 Å². The first kappa shape index (κ1) is 14.6. The van der Waals surface area contributed by atoms with Gasteiger partial charge in [0.05, 0.1) is 0 Å². The van der Waals surface area contributed by atoms with Crippen LogP contribution in [0.25, 0.3) is 0 Å². The van der Waals surface area contributed by atoms with E-state index in [1.54, 1.807) is 0 Å². The number of hydrogen-bond acceptors (Lipinski definition) is 3. The third-order valence-electron chi connectivity index (χ3n) is 3.93. The number of carbonyl (C=O) groups excluding carboxylic acids is 1. The summed E-state index contributed by atoms with van der Waals surface area (Å²) in [6, 6.07) is 1.60. The summed E-state index contributed by atoms with van der Waals surface area (Å²) in [5.41, 5.74) is 0.0981. The van der Waals surface area contributed by atoms with Crippen LogP contribution in [0, 0.1) is 0 Å². The van der Waals surface area contributed by atoms with Crippen molar-refractivity contribution >= 4 is 11.9 Å². The Morgan fingerprint density at radius 3 is 2.70 bits per heavy atom. The SMILES string of the molecule is CCc1oc(C(=O)N2CCCCC2CC)cc1C(=O)O. The van der Waals surface area contributed by atoms with Crippen LogP contribution < -0.4 is 0 Å². The average Bonchev–Trinajstić information content (AvgIpc) is 2.91. The first-order chi connectivity index (χ1) is 9.58. The van der Waals surface area contributed by atoms with Gasteiger partial charge in [0, 0.05) is 25.1 Å². The van der Waals surface area contributed by atoms with Gasteiger partial charge in [-0.3, -0.25) is 4.79 Å². The Labute approximate surface area is 118 Å². The van der Waals surface area contributed by atoms with Gasteiger partial charge in [-0.05, 0) is 25.7 Å². The Bertz CT molecular complexity index is 506. The quantitative estimate of drug-likeness (QED) is 0.919. The van der Waals surface area contributed by atoms with Crippen LogP contribution in [0.2, 0.25) is 0 Å². The summed E-state index contributed by atoms with van der Waals surface area (Å²) in [7, 11) is 0. The molecule has 0 bridgehead atoms. The molecule has 20 heavy (non-hydrogen) atoms. The number of carbonyl (C=O) groups is 2. The minimum atomic E-state index is -1.05. The van der Waals surface area contributed by atoms with Crippen LogP contribution in [-0.2, 0) is 6.42 Å². The molecule has 2 heterocycles. The summed E-state index contributed by atoms with van der Waals surface area (Å²) in [4.78, 5) is 25.5. The Kier molecular flexibility index (Phi) is 4.47. The molecule has 1 aromatic rings. The van der Waals surface area contributed by atoms with Crippen molar-refractivity contribution in [1.29, 1.82) is 0 Å². The van der Waals surface area contributed by atoms with Crippen LogP contribution in [0.5, 0.6) is 0 Å². The molecule has 0 radical (unpaired) electrons. The van der Waals surface area contributed by atoms with Crippen molar-refractivity contribution in [1.82, 2.24) is 4.90 Å². The molecular weight excluding hydrogens is 258 g/mol. The number of piperidine rings is 1. The summed E-state index contributed by atoms with van der Waals surface area (Å²) in [5, 5.41) is 9.12. The number of amides is 1. The topological polar surface area (TPSA) is 70.8 Å². The minimum Gasteiger partial charge on any atom is -0.478 e. The summed E-state index contributed by atoms with van der Waals surface area (Å²) < 4.78 is 5.46. The smallest absolute Gasteiger partial charge is 0.339 e. The van der Waals surface area contributed by atoms with Gasteiger partial charge in [0.2, 0.25) is 0 Å². The molecule has 1 unspecified atom stereocenters. The maximum absolute atomic E-state index is 12.5. The predicted octanol–water partition coefficient (Wildman–Crippen LogP) is 2.94. The number of carboxylic acids is 1. The molecule has 1 aliphatic rings. The van der Waals surface area contributed by atoms with Crippen LogP contribution in [0.4, 0.5) is 0 Å². The highest BCUT2D eigenvalue weighted by Crippen LogP contribution is 2.24. The van der Waals surface area contributed by atoms with E-state index in [1.807, 2.05) is 11.8 Å². The molecule has 1 amide bonds. The fourth-order valence-corrected chi connectivity index (χ4v) is 2.81. The second-order valence-electron chi connectivity index (χ2n) is 5.16. The molecule has 0 spiro atoms. The van der Waals surface area contributed by atoms with Gasteiger partial charge in [-0.1, -0.05) is 13.8 Å². The van der Waals surface area contributed by atoms with E-state index in [0.29, 0.717) is 12.2 Å². The lowest BCUT2D eigenvalue weighted by Gasteiger charge is -2.34. The largest absolute Gasteiger partial charge is 0.478 e. The Morgan fingerprint density at radius 1 is 1.40 bits per heavy atom. The molecule has 1 saturated heterocycles. The van der Waals surface area contributed by atoms with Gasteiger partial charge in [0.25, 0.3) is 5.91 Å². The zero-order valence-corrected chi connectivity index (χ0v) is 12.0. The number of aryl methyl sites for hydroxylation is 1. The van der Waals surface area contributed by atoms with E-state index in [9.17, 15) is 9.59 Å². The highest BCUT2D eigenvalue weighted by atomic mass is 16.4. The number of aromatic carboxylic acids is 1. The van der Waals surface area contributed by atoms with Crippen molar-refractivity contribution in [3.05, 3.63) is 23.2 Å². The summed E-state index contributed by atoms with van der Waals surface area (Å²) in [5.74, 6) is -0.709. The molecule has 5 nitrogen and oxygen atoms in total. The second-order valence-corrected chi connectivity index (χ2v) is 5.16. The van der Waals surface area contributed by atoms with E-state index >= 15 is 0 Å². The van der Waals surface area contributed by atoms with Crippen LogP contribution in [0.15, 0.2) is 10.5 Å². The molecule has 1 aliphatic heterocycles. The van der Waals surface area contributed by atoms with Gasteiger partial charge in [-0.25, -0.2) is 4.79 Å². The molecule has 1 fully saturated rings. The Hall–Kier alpha value is -1.78. The van der Waals surface area contributed by atoms with Gasteiger partial charge in [-0.2, -0.15) is 0 Å². The number of nitrogens with zero attached hydrogens (tertiary/aromatic N) is 1. The Balaban J connectivity index is 2.26.